The van der Waals surface area contributed by atoms with Crippen LogP contribution in [0.4, 0.5) is 15.9 Å². The Labute approximate surface area is 152 Å². The molecule has 2 heterocycles. The van der Waals surface area contributed by atoms with E-state index in [4.69, 9.17) is 0 Å². The summed E-state index contributed by atoms with van der Waals surface area (Å²) in [5, 5.41) is 2.62. The number of pyridine rings is 1. The molecule has 1 unspecified atom stereocenters. The molecule has 1 aliphatic heterocycles. The summed E-state index contributed by atoms with van der Waals surface area (Å²) < 4.78 is 36.6. The molecule has 1 amide bonds. The standard InChI is InChI=1S/C18H20FN3O3S/c1-2-22(16-8-9-26(24,25)12-16)17-7-6-13(11-20-17)18(23)21-15-5-3-4-14(19)10-15/h3-7,10-11,16H,2,8-9,12H2,1H3,(H,21,23). The molecule has 8 heteroatoms. The topological polar surface area (TPSA) is 79.4 Å². The zero-order valence-electron chi connectivity index (χ0n) is 14.4. The molecule has 0 spiro atoms. The Bertz CT molecular complexity index is 900. The van der Waals surface area contributed by atoms with Crippen molar-refractivity contribution in [1.82, 2.24) is 4.98 Å². The first-order valence-electron chi connectivity index (χ1n) is 8.38. The van der Waals surface area contributed by atoms with Gasteiger partial charge in [0.25, 0.3) is 5.91 Å². The molecule has 1 saturated heterocycles. The largest absolute Gasteiger partial charge is 0.353 e. The highest BCUT2D eigenvalue weighted by atomic mass is 32.2. The summed E-state index contributed by atoms with van der Waals surface area (Å²) in [5.74, 6) is 0.145. The minimum atomic E-state index is -2.98. The third kappa shape index (κ3) is 4.19. The SMILES string of the molecule is CCN(c1ccc(C(=O)Nc2cccc(F)c2)cn1)C1CCS(=O)(=O)C1. The number of carbonyl (C=O) groups excluding carboxylic acids is 1. The first-order chi connectivity index (χ1) is 12.4. The summed E-state index contributed by atoms with van der Waals surface area (Å²) in [6, 6.07) is 8.89. The van der Waals surface area contributed by atoms with Gasteiger partial charge in [-0.05, 0) is 43.7 Å². The summed E-state index contributed by atoms with van der Waals surface area (Å²) in [7, 11) is -2.98. The van der Waals surface area contributed by atoms with Gasteiger partial charge in [-0.2, -0.15) is 0 Å². The van der Waals surface area contributed by atoms with E-state index in [9.17, 15) is 17.6 Å². The zero-order chi connectivity index (χ0) is 18.7. The maximum Gasteiger partial charge on any atom is 0.257 e. The number of sulfone groups is 1. The van der Waals surface area contributed by atoms with Gasteiger partial charge in [0.2, 0.25) is 0 Å². The maximum atomic E-state index is 13.2. The highest BCUT2D eigenvalue weighted by molar-refractivity contribution is 7.91. The van der Waals surface area contributed by atoms with Crippen LogP contribution >= 0.6 is 0 Å². The van der Waals surface area contributed by atoms with E-state index in [1.807, 2.05) is 11.8 Å². The molecule has 1 aromatic heterocycles. The average Bonchev–Trinajstić information content (AvgIpc) is 2.96. The third-order valence-electron chi connectivity index (χ3n) is 4.38. The van der Waals surface area contributed by atoms with E-state index in [0.29, 0.717) is 30.0 Å². The van der Waals surface area contributed by atoms with Gasteiger partial charge in [-0.1, -0.05) is 6.07 Å². The third-order valence-corrected chi connectivity index (χ3v) is 6.13. The number of anilines is 2. The highest BCUT2D eigenvalue weighted by Crippen LogP contribution is 2.23. The molecule has 0 radical (unpaired) electrons. The van der Waals surface area contributed by atoms with Crippen LogP contribution in [0, 0.1) is 5.82 Å². The number of hydrogen-bond acceptors (Lipinski definition) is 5. The summed E-state index contributed by atoms with van der Waals surface area (Å²) in [6.45, 7) is 2.57. The lowest BCUT2D eigenvalue weighted by Gasteiger charge is -2.27. The van der Waals surface area contributed by atoms with Crippen molar-refractivity contribution in [2.75, 3.05) is 28.3 Å². The fraction of sp³-hybridized carbons (Fsp3) is 0.333. The van der Waals surface area contributed by atoms with E-state index in [1.54, 1.807) is 18.2 Å². The maximum absolute atomic E-state index is 13.2. The molecule has 3 rings (SSSR count). The second kappa shape index (κ2) is 7.41. The Morgan fingerprint density at radius 2 is 2.15 bits per heavy atom. The fourth-order valence-corrected chi connectivity index (χ4v) is 4.82. The summed E-state index contributed by atoms with van der Waals surface area (Å²) in [5.41, 5.74) is 0.707. The first-order valence-corrected chi connectivity index (χ1v) is 10.2. The molecular formula is C18H20FN3O3S. The van der Waals surface area contributed by atoms with Gasteiger partial charge in [0.15, 0.2) is 9.84 Å². The number of halogens is 1. The van der Waals surface area contributed by atoms with Crippen molar-refractivity contribution < 1.29 is 17.6 Å². The summed E-state index contributed by atoms with van der Waals surface area (Å²) in [4.78, 5) is 18.5. The lowest BCUT2D eigenvalue weighted by molar-refractivity contribution is 0.102. The molecule has 0 aliphatic carbocycles. The molecule has 1 N–H and O–H groups in total. The van der Waals surface area contributed by atoms with Gasteiger partial charge in [0.05, 0.1) is 17.1 Å². The molecule has 6 nitrogen and oxygen atoms in total. The Balaban J connectivity index is 1.72. The molecule has 26 heavy (non-hydrogen) atoms. The van der Waals surface area contributed by atoms with Crippen molar-refractivity contribution in [1.29, 1.82) is 0 Å². The van der Waals surface area contributed by atoms with E-state index in [2.05, 4.69) is 10.3 Å². The molecule has 0 bridgehead atoms. The van der Waals surface area contributed by atoms with Crippen LogP contribution in [-0.4, -0.2) is 43.4 Å². The summed E-state index contributed by atoms with van der Waals surface area (Å²) in [6.07, 6.45) is 2.02. The number of rotatable bonds is 5. The van der Waals surface area contributed by atoms with Crippen LogP contribution in [0.1, 0.15) is 23.7 Å². The monoisotopic (exact) mass is 377 g/mol. The highest BCUT2D eigenvalue weighted by Gasteiger charge is 2.32. The number of nitrogens with zero attached hydrogens (tertiary/aromatic N) is 2. The first kappa shape index (κ1) is 18.3. The fourth-order valence-electron chi connectivity index (χ4n) is 3.09. The van der Waals surface area contributed by atoms with Gasteiger partial charge in [0, 0.05) is 24.5 Å². The molecule has 1 aliphatic rings. The van der Waals surface area contributed by atoms with Crippen LogP contribution in [0.3, 0.4) is 0 Å². The lowest BCUT2D eigenvalue weighted by atomic mass is 10.2. The van der Waals surface area contributed by atoms with Crippen LogP contribution in [0.5, 0.6) is 0 Å². The lowest BCUT2D eigenvalue weighted by Crippen LogP contribution is -2.36. The van der Waals surface area contributed by atoms with Gasteiger partial charge in [-0.25, -0.2) is 17.8 Å². The number of hydrogen-bond donors (Lipinski definition) is 1. The number of benzene rings is 1. The van der Waals surface area contributed by atoms with Gasteiger partial charge >= 0.3 is 0 Å². The number of amides is 1. The summed E-state index contributed by atoms with van der Waals surface area (Å²) >= 11 is 0. The van der Waals surface area contributed by atoms with Crippen LogP contribution < -0.4 is 10.2 Å². The second-order valence-electron chi connectivity index (χ2n) is 6.21. The van der Waals surface area contributed by atoms with E-state index in [0.717, 1.165) is 0 Å². The molecule has 1 aromatic carbocycles. The van der Waals surface area contributed by atoms with Crippen molar-refractivity contribution >= 4 is 27.2 Å². The Kier molecular flexibility index (Phi) is 5.22. The van der Waals surface area contributed by atoms with E-state index in [-0.39, 0.29) is 23.5 Å². The molecule has 2 aromatic rings. The molecule has 1 atom stereocenters. The normalized spacial score (nSPS) is 18.5. The predicted octanol–water partition coefficient (Wildman–Crippen LogP) is 2.49. The predicted molar refractivity (Wildman–Crippen MR) is 98.7 cm³/mol. The van der Waals surface area contributed by atoms with E-state index in [1.165, 1.54) is 24.4 Å². The van der Waals surface area contributed by atoms with Gasteiger partial charge < -0.3 is 10.2 Å². The Morgan fingerprint density at radius 1 is 1.35 bits per heavy atom. The van der Waals surface area contributed by atoms with E-state index >= 15 is 0 Å². The minimum Gasteiger partial charge on any atom is -0.353 e. The molecule has 138 valence electrons. The number of nitrogens with one attached hydrogen (secondary N) is 1. The van der Waals surface area contributed by atoms with Crippen LogP contribution in [0.15, 0.2) is 42.6 Å². The second-order valence-corrected chi connectivity index (χ2v) is 8.44. The molecule has 1 fully saturated rings. The van der Waals surface area contributed by atoms with Crippen molar-refractivity contribution in [2.45, 2.75) is 19.4 Å². The zero-order valence-corrected chi connectivity index (χ0v) is 15.2. The average molecular weight is 377 g/mol. The Morgan fingerprint density at radius 3 is 2.73 bits per heavy atom. The van der Waals surface area contributed by atoms with Gasteiger partial charge in [-0.3, -0.25) is 4.79 Å². The van der Waals surface area contributed by atoms with Crippen molar-refractivity contribution in [3.63, 3.8) is 0 Å². The van der Waals surface area contributed by atoms with Crippen LogP contribution in [0.2, 0.25) is 0 Å². The van der Waals surface area contributed by atoms with Crippen LogP contribution in [-0.2, 0) is 9.84 Å². The van der Waals surface area contributed by atoms with Crippen LogP contribution in [0.25, 0.3) is 0 Å². The van der Waals surface area contributed by atoms with Crippen molar-refractivity contribution in [2.24, 2.45) is 0 Å². The van der Waals surface area contributed by atoms with Gasteiger partial charge in [0.1, 0.15) is 11.6 Å². The van der Waals surface area contributed by atoms with E-state index < -0.39 is 15.7 Å². The van der Waals surface area contributed by atoms with Crippen molar-refractivity contribution in [3.05, 3.63) is 54.0 Å². The molecular weight excluding hydrogens is 357 g/mol. The Hall–Kier alpha value is -2.48. The number of carbonyl (C=O) groups is 1. The molecule has 0 saturated carbocycles. The minimum absolute atomic E-state index is 0.0931. The quantitative estimate of drug-likeness (QED) is 0.866. The van der Waals surface area contributed by atoms with Crippen molar-refractivity contribution in [3.8, 4) is 0 Å². The van der Waals surface area contributed by atoms with Gasteiger partial charge in [-0.15, -0.1) is 0 Å². The smallest absolute Gasteiger partial charge is 0.257 e. The number of aromatic nitrogens is 1.